The molecule has 4 nitrogen and oxygen atoms in total. The Bertz CT molecular complexity index is 947. The average molecular weight is 305 g/mol. The molecule has 1 aliphatic heterocycles. The Kier molecular flexibility index (Phi) is 2.98. The van der Waals surface area contributed by atoms with Crippen LogP contribution in [0.3, 0.4) is 0 Å². The Morgan fingerprint density at radius 2 is 1.91 bits per heavy atom. The molecule has 0 unspecified atom stereocenters. The van der Waals surface area contributed by atoms with Crippen molar-refractivity contribution in [3.63, 3.8) is 0 Å². The van der Waals surface area contributed by atoms with E-state index < -0.39 is 0 Å². The maximum atomic E-state index is 12.1. The van der Waals surface area contributed by atoms with Crippen molar-refractivity contribution in [2.45, 2.75) is 6.54 Å². The van der Waals surface area contributed by atoms with Crippen LogP contribution < -0.4 is 10.1 Å². The minimum absolute atomic E-state index is 0.0638. The lowest BCUT2D eigenvalue weighted by Gasteiger charge is -2.15. The van der Waals surface area contributed by atoms with Gasteiger partial charge in [-0.05, 0) is 46.2 Å². The predicted octanol–water partition coefficient (Wildman–Crippen LogP) is 3.46. The number of hydrogen-bond donors (Lipinski definition) is 2. The standard InChI is InChI=1S/C19H15NO3/c1-23-17-5-3-2-4-13(17)18-14-9-12(21)7-6-11(14)8-15-16(18)10-20-19(15)22/h2-9,21H,10H2,1H3,(H,20,22). The van der Waals surface area contributed by atoms with Gasteiger partial charge in [-0.1, -0.05) is 24.3 Å². The molecule has 4 rings (SSSR count). The Morgan fingerprint density at radius 3 is 2.74 bits per heavy atom. The molecule has 1 aliphatic rings. The highest BCUT2D eigenvalue weighted by Gasteiger charge is 2.25. The van der Waals surface area contributed by atoms with Crippen LogP contribution in [-0.4, -0.2) is 18.1 Å². The van der Waals surface area contributed by atoms with Gasteiger partial charge in [-0.3, -0.25) is 4.79 Å². The van der Waals surface area contributed by atoms with E-state index in [1.807, 2.05) is 36.4 Å². The van der Waals surface area contributed by atoms with Gasteiger partial charge in [0.1, 0.15) is 11.5 Å². The lowest BCUT2D eigenvalue weighted by Crippen LogP contribution is -2.12. The fraction of sp³-hybridized carbons (Fsp3) is 0.105. The Morgan fingerprint density at radius 1 is 1.09 bits per heavy atom. The van der Waals surface area contributed by atoms with Gasteiger partial charge in [-0.25, -0.2) is 0 Å². The van der Waals surface area contributed by atoms with E-state index in [9.17, 15) is 9.90 Å². The van der Waals surface area contributed by atoms with E-state index in [2.05, 4.69) is 5.32 Å². The lowest BCUT2D eigenvalue weighted by molar-refractivity contribution is 0.0966. The second-order valence-electron chi connectivity index (χ2n) is 5.57. The van der Waals surface area contributed by atoms with Crippen LogP contribution in [0.5, 0.6) is 11.5 Å². The topological polar surface area (TPSA) is 58.6 Å². The van der Waals surface area contributed by atoms with Crippen molar-refractivity contribution in [1.82, 2.24) is 5.32 Å². The number of carbonyl (C=O) groups is 1. The van der Waals surface area contributed by atoms with Crippen molar-refractivity contribution in [2.24, 2.45) is 0 Å². The minimum Gasteiger partial charge on any atom is -0.508 e. The summed E-state index contributed by atoms with van der Waals surface area (Å²) in [5.41, 5.74) is 3.48. The number of benzene rings is 3. The minimum atomic E-state index is -0.0638. The largest absolute Gasteiger partial charge is 0.508 e. The summed E-state index contributed by atoms with van der Waals surface area (Å²) >= 11 is 0. The van der Waals surface area contributed by atoms with Crippen LogP contribution >= 0.6 is 0 Å². The number of hydrogen-bond acceptors (Lipinski definition) is 3. The normalized spacial score (nSPS) is 13.0. The first-order chi connectivity index (χ1) is 11.2. The van der Waals surface area contributed by atoms with Gasteiger partial charge in [0.15, 0.2) is 0 Å². The number of ether oxygens (including phenoxy) is 1. The molecule has 0 saturated carbocycles. The fourth-order valence-electron chi connectivity index (χ4n) is 3.24. The Hall–Kier alpha value is -3.01. The average Bonchev–Trinajstić information content (AvgIpc) is 2.94. The summed E-state index contributed by atoms with van der Waals surface area (Å²) in [4.78, 5) is 12.1. The number of carbonyl (C=O) groups excluding carboxylic acids is 1. The van der Waals surface area contributed by atoms with Crippen molar-refractivity contribution in [3.05, 3.63) is 59.7 Å². The van der Waals surface area contributed by atoms with Crippen LogP contribution in [0, 0.1) is 0 Å². The third-order valence-corrected chi connectivity index (χ3v) is 4.28. The summed E-state index contributed by atoms with van der Waals surface area (Å²) in [5.74, 6) is 0.877. The maximum Gasteiger partial charge on any atom is 0.251 e. The van der Waals surface area contributed by atoms with Crippen molar-refractivity contribution < 1.29 is 14.6 Å². The zero-order chi connectivity index (χ0) is 16.0. The summed E-state index contributed by atoms with van der Waals surface area (Å²) in [6, 6.07) is 14.8. The van der Waals surface area contributed by atoms with Crippen molar-refractivity contribution in [3.8, 4) is 22.6 Å². The number of methoxy groups -OCH3 is 1. The molecule has 23 heavy (non-hydrogen) atoms. The van der Waals surface area contributed by atoms with E-state index >= 15 is 0 Å². The first kappa shape index (κ1) is 13.6. The number of phenolic OH excluding ortho intramolecular Hbond substituents is 1. The van der Waals surface area contributed by atoms with Crippen molar-refractivity contribution in [1.29, 1.82) is 0 Å². The molecule has 114 valence electrons. The summed E-state index contributed by atoms with van der Waals surface area (Å²) in [6.07, 6.45) is 0. The second kappa shape index (κ2) is 5.02. The second-order valence-corrected chi connectivity index (χ2v) is 5.57. The predicted molar refractivity (Wildman–Crippen MR) is 88.8 cm³/mol. The molecular weight excluding hydrogens is 290 g/mol. The monoisotopic (exact) mass is 305 g/mol. The van der Waals surface area contributed by atoms with Crippen LogP contribution in [0.4, 0.5) is 0 Å². The zero-order valence-corrected chi connectivity index (χ0v) is 12.6. The molecule has 0 aromatic heterocycles. The number of phenols is 1. The highest BCUT2D eigenvalue weighted by Crippen LogP contribution is 2.41. The van der Waals surface area contributed by atoms with Gasteiger partial charge in [-0.15, -0.1) is 0 Å². The molecule has 0 bridgehead atoms. The summed E-state index contributed by atoms with van der Waals surface area (Å²) in [5, 5.41) is 14.6. The smallest absolute Gasteiger partial charge is 0.251 e. The fourth-order valence-corrected chi connectivity index (χ4v) is 3.24. The van der Waals surface area contributed by atoms with Crippen molar-refractivity contribution >= 4 is 16.7 Å². The molecule has 0 radical (unpaired) electrons. The summed E-state index contributed by atoms with van der Waals surface area (Å²) in [7, 11) is 1.63. The van der Waals surface area contributed by atoms with Crippen LogP contribution in [0.15, 0.2) is 48.5 Å². The van der Waals surface area contributed by atoms with Crippen LogP contribution in [-0.2, 0) is 6.54 Å². The number of fused-ring (bicyclic) bond motifs is 2. The van der Waals surface area contributed by atoms with Gasteiger partial charge in [0.25, 0.3) is 5.91 Å². The Balaban J connectivity index is 2.16. The van der Waals surface area contributed by atoms with Gasteiger partial charge >= 0.3 is 0 Å². The first-order valence-electron chi connectivity index (χ1n) is 7.39. The number of rotatable bonds is 2. The third-order valence-electron chi connectivity index (χ3n) is 4.28. The maximum absolute atomic E-state index is 12.1. The molecule has 1 heterocycles. The molecule has 3 aromatic carbocycles. The number of para-hydroxylation sites is 1. The summed E-state index contributed by atoms with van der Waals surface area (Å²) < 4.78 is 5.50. The van der Waals surface area contributed by atoms with Crippen molar-refractivity contribution in [2.75, 3.05) is 7.11 Å². The Labute approximate surface area is 133 Å². The molecule has 0 spiro atoms. The van der Waals surface area contributed by atoms with Crippen LogP contribution in [0.1, 0.15) is 15.9 Å². The highest BCUT2D eigenvalue weighted by molar-refractivity contribution is 6.09. The SMILES string of the molecule is COc1ccccc1-c1c2c(cc3ccc(O)cc13)C(=O)NC2. The molecule has 0 aliphatic carbocycles. The zero-order valence-electron chi connectivity index (χ0n) is 12.6. The van der Waals surface area contributed by atoms with E-state index in [1.165, 1.54) is 0 Å². The molecular formula is C19H15NO3. The van der Waals surface area contributed by atoms with E-state index in [0.717, 1.165) is 33.2 Å². The van der Waals surface area contributed by atoms with E-state index in [4.69, 9.17) is 4.74 Å². The molecule has 4 heteroatoms. The van der Waals surface area contributed by atoms with E-state index in [1.54, 1.807) is 19.2 Å². The highest BCUT2D eigenvalue weighted by atomic mass is 16.5. The van der Waals surface area contributed by atoms with E-state index in [0.29, 0.717) is 12.1 Å². The third kappa shape index (κ3) is 2.03. The molecule has 0 saturated heterocycles. The molecule has 0 atom stereocenters. The molecule has 3 aromatic rings. The van der Waals surface area contributed by atoms with Gasteiger partial charge in [0.2, 0.25) is 0 Å². The van der Waals surface area contributed by atoms with E-state index in [-0.39, 0.29) is 11.7 Å². The number of nitrogens with one attached hydrogen (secondary N) is 1. The summed E-state index contributed by atoms with van der Waals surface area (Å²) in [6.45, 7) is 0.479. The van der Waals surface area contributed by atoms with Gasteiger partial charge in [-0.2, -0.15) is 0 Å². The lowest BCUT2D eigenvalue weighted by atomic mass is 9.90. The molecule has 0 fully saturated rings. The van der Waals surface area contributed by atoms with Gasteiger partial charge in [0.05, 0.1) is 7.11 Å². The first-order valence-corrected chi connectivity index (χ1v) is 7.39. The quantitative estimate of drug-likeness (QED) is 0.762. The van der Waals surface area contributed by atoms with Gasteiger partial charge in [0, 0.05) is 17.7 Å². The van der Waals surface area contributed by atoms with Gasteiger partial charge < -0.3 is 15.2 Å². The number of aromatic hydroxyl groups is 1. The number of amides is 1. The van der Waals surface area contributed by atoms with Crippen LogP contribution in [0.2, 0.25) is 0 Å². The molecule has 1 amide bonds. The van der Waals surface area contributed by atoms with Crippen LogP contribution in [0.25, 0.3) is 21.9 Å². The molecule has 2 N–H and O–H groups in total.